The highest BCUT2D eigenvalue weighted by Gasteiger charge is 2.18. The summed E-state index contributed by atoms with van der Waals surface area (Å²) in [6.07, 6.45) is 0. The Bertz CT molecular complexity index is 987. The van der Waals surface area contributed by atoms with Crippen LogP contribution < -0.4 is 0 Å². The number of benzene rings is 2. The van der Waals surface area contributed by atoms with E-state index in [9.17, 15) is 0 Å². The summed E-state index contributed by atoms with van der Waals surface area (Å²) in [7, 11) is 0. The number of aromatic nitrogens is 3. The topological polar surface area (TPSA) is 38.7 Å². The molecule has 0 fully saturated rings. The molecule has 0 saturated heterocycles. The fourth-order valence-corrected chi connectivity index (χ4v) is 3.61. The molecule has 1 aromatic heterocycles. The van der Waals surface area contributed by atoms with Gasteiger partial charge in [0.25, 0.3) is 0 Å². The lowest BCUT2D eigenvalue weighted by Gasteiger charge is -2.18. The van der Waals surface area contributed by atoms with Crippen LogP contribution in [-0.4, -0.2) is 15.0 Å². The molecule has 0 bridgehead atoms. The Morgan fingerprint density at radius 3 is 1.69 bits per heavy atom. The van der Waals surface area contributed by atoms with E-state index < -0.39 is 0 Å². The third-order valence-electron chi connectivity index (χ3n) is 5.59. The molecule has 134 valence electrons. The Balaban J connectivity index is 2.28. The summed E-state index contributed by atoms with van der Waals surface area (Å²) in [6, 6.07) is 6.39. The van der Waals surface area contributed by atoms with Crippen LogP contribution in [-0.2, 0) is 0 Å². The van der Waals surface area contributed by atoms with Crippen LogP contribution >= 0.6 is 0 Å². The summed E-state index contributed by atoms with van der Waals surface area (Å²) in [5, 5.41) is 0. The van der Waals surface area contributed by atoms with Crippen LogP contribution in [0.15, 0.2) is 18.2 Å². The van der Waals surface area contributed by atoms with Gasteiger partial charge >= 0.3 is 0 Å². The van der Waals surface area contributed by atoms with Gasteiger partial charge < -0.3 is 0 Å². The highest BCUT2D eigenvalue weighted by atomic mass is 15.0. The summed E-state index contributed by atoms with van der Waals surface area (Å²) in [5.74, 6) is 2.27. The zero-order valence-electron chi connectivity index (χ0n) is 17.1. The van der Waals surface area contributed by atoms with Gasteiger partial charge in [-0.2, -0.15) is 0 Å². The van der Waals surface area contributed by atoms with Crippen LogP contribution in [0.3, 0.4) is 0 Å². The highest BCUT2D eigenvalue weighted by molar-refractivity contribution is 5.71. The molecular formula is C23H27N3. The maximum absolute atomic E-state index is 4.88. The molecule has 0 amide bonds. The molecule has 2 aromatic carbocycles. The SMILES string of the molecule is Cc1ccc(-c2nc(C)nc(-c3c(C)c(C)c(C)c(C)c3C)n2)c(C)c1. The Labute approximate surface area is 156 Å². The third-order valence-corrected chi connectivity index (χ3v) is 5.59. The lowest BCUT2D eigenvalue weighted by atomic mass is 9.89. The van der Waals surface area contributed by atoms with E-state index >= 15 is 0 Å². The van der Waals surface area contributed by atoms with Crippen LogP contribution in [0.5, 0.6) is 0 Å². The van der Waals surface area contributed by atoms with Crippen molar-refractivity contribution >= 4 is 0 Å². The van der Waals surface area contributed by atoms with Crippen molar-refractivity contribution in [2.45, 2.75) is 55.4 Å². The normalized spacial score (nSPS) is 11.1. The molecule has 0 radical (unpaired) electrons. The molecule has 3 aromatic rings. The predicted octanol–water partition coefficient (Wildman–Crippen LogP) is 5.67. The molecule has 0 atom stereocenters. The summed E-state index contributed by atoms with van der Waals surface area (Å²) in [6.45, 7) is 17.0. The van der Waals surface area contributed by atoms with Gasteiger partial charge in [-0.3, -0.25) is 0 Å². The number of rotatable bonds is 2. The number of hydrogen-bond acceptors (Lipinski definition) is 3. The van der Waals surface area contributed by atoms with Crippen LogP contribution in [0, 0.1) is 55.4 Å². The first-order chi connectivity index (χ1) is 12.2. The molecular weight excluding hydrogens is 318 g/mol. The fourth-order valence-electron chi connectivity index (χ4n) is 3.61. The maximum Gasteiger partial charge on any atom is 0.164 e. The predicted molar refractivity (Wildman–Crippen MR) is 109 cm³/mol. The molecule has 0 unspecified atom stereocenters. The Morgan fingerprint density at radius 1 is 0.577 bits per heavy atom. The molecule has 0 spiro atoms. The van der Waals surface area contributed by atoms with E-state index in [-0.39, 0.29) is 0 Å². The van der Waals surface area contributed by atoms with E-state index in [4.69, 9.17) is 4.98 Å². The summed E-state index contributed by atoms with van der Waals surface area (Å²) < 4.78 is 0. The second-order valence-corrected chi connectivity index (χ2v) is 7.35. The van der Waals surface area contributed by atoms with Crippen molar-refractivity contribution in [3.05, 3.63) is 63.0 Å². The van der Waals surface area contributed by atoms with Crippen molar-refractivity contribution in [3.63, 3.8) is 0 Å². The fraction of sp³-hybridized carbons (Fsp3) is 0.348. The molecule has 0 saturated carbocycles. The molecule has 0 aliphatic heterocycles. The van der Waals surface area contributed by atoms with E-state index in [1.165, 1.54) is 38.9 Å². The molecule has 26 heavy (non-hydrogen) atoms. The number of hydrogen-bond donors (Lipinski definition) is 0. The summed E-state index contributed by atoms with van der Waals surface area (Å²) >= 11 is 0. The average molecular weight is 345 g/mol. The minimum absolute atomic E-state index is 0.750. The molecule has 1 heterocycles. The van der Waals surface area contributed by atoms with Gasteiger partial charge in [0.05, 0.1) is 0 Å². The minimum Gasteiger partial charge on any atom is -0.213 e. The first-order valence-electron chi connectivity index (χ1n) is 9.08. The lowest BCUT2D eigenvalue weighted by Crippen LogP contribution is -2.05. The van der Waals surface area contributed by atoms with Crippen molar-refractivity contribution in [2.75, 3.05) is 0 Å². The van der Waals surface area contributed by atoms with E-state index in [1.54, 1.807) is 0 Å². The average Bonchev–Trinajstić information content (AvgIpc) is 2.58. The monoisotopic (exact) mass is 345 g/mol. The molecule has 3 rings (SSSR count). The van der Waals surface area contributed by atoms with Crippen molar-refractivity contribution < 1.29 is 0 Å². The Kier molecular flexibility index (Phi) is 4.66. The van der Waals surface area contributed by atoms with E-state index in [2.05, 4.69) is 76.6 Å². The summed E-state index contributed by atoms with van der Waals surface area (Å²) in [5.41, 5.74) is 11.1. The van der Waals surface area contributed by atoms with Crippen LogP contribution in [0.4, 0.5) is 0 Å². The maximum atomic E-state index is 4.88. The van der Waals surface area contributed by atoms with Gasteiger partial charge in [0, 0.05) is 11.1 Å². The molecule has 0 aliphatic rings. The molecule has 0 aliphatic carbocycles. The zero-order chi connectivity index (χ0) is 19.2. The molecule has 3 heteroatoms. The van der Waals surface area contributed by atoms with Crippen molar-refractivity contribution in [2.24, 2.45) is 0 Å². The smallest absolute Gasteiger partial charge is 0.164 e. The van der Waals surface area contributed by atoms with Crippen LogP contribution in [0.2, 0.25) is 0 Å². The van der Waals surface area contributed by atoms with E-state index in [1.807, 2.05) is 6.92 Å². The van der Waals surface area contributed by atoms with Crippen molar-refractivity contribution in [3.8, 4) is 22.8 Å². The van der Waals surface area contributed by atoms with Gasteiger partial charge in [-0.05, 0) is 88.8 Å². The minimum atomic E-state index is 0.750. The largest absolute Gasteiger partial charge is 0.213 e. The van der Waals surface area contributed by atoms with Gasteiger partial charge in [0.15, 0.2) is 11.6 Å². The Hall–Kier alpha value is -2.55. The van der Waals surface area contributed by atoms with E-state index in [0.717, 1.165) is 28.6 Å². The van der Waals surface area contributed by atoms with Crippen LogP contribution in [0.25, 0.3) is 22.8 Å². The lowest BCUT2D eigenvalue weighted by molar-refractivity contribution is 0.983. The number of nitrogens with zero attached hydrogens (tertiary/aromatic N) is 3. The van der Waals surface area contributed by atoms with E-state index in [0.29, 0.717) is 0 Å². The molecule has 3 nitrogen and oxygen atoms in total. The standard InChI is InChI=1S/C23H27N3/c1-12-9-10-20(13(2)11-12)22-24-19(8)25-23(26-22)21-17(6)15(4)14(3)16(5)18(21)7/h9-11H,1-8H3. The van der Waals surface area contributed by atoms with Gasteiger partial charge in [0.2, 0.25) is 0 Å². The van der Waals surface area contributed by atoms with Crippen molar-refractivity contribution in [1.29, 1.82) is 0 Å². The molecule has 0 N–H and O–H groups in total. The van der Waals surface area contributed by atoms with Gasteiger partial charge in [-0.25, -0.2) is 15.0 Å². The van der Waals surface area contributed by atoms with Crippen molar-refractivity contribution in [1.82, 2.24) is 15.0 Å². The number of aryl methyl sites for hydroxylation is 3. The quantitative estimate of drug-likeness (QED) is 0.600. The zero-order valence-corrected chi connectivity index (χ0v) is 17.1. The Morgan fingerprint density at radius 2 is 1.12 bits per heavy atom. The third kappa shape index (κ3) is 3.03. The first kappa shape index (κ1) is 18.2. The first-order valence-corrected chi connectivity index (χ1v) is 9.08. The summed E-state index contributed by atoms with van der Waals surface area (Å²) in [4.78, 5) is 14.2. The van der Waals surface area contributed by atoms with Crippen LogP contribution in [0.1, 0.15) is 44.8 Å². The van der Waals surface area contributed by atoms with Gasteiger partial charge in [-0.15, -0.1) is 0 Å². The highest BCUT2D eigenvalue weighted by Crippen LogP contribution is 2.33. The van der Waals surface area contributed by atoms with Gasteiger partial charge in [0.1, 0.15) is 5.82 Å². The second kappa shape index (κ2) is 6.64. The van der Waals surface area contributed by atoms with Gasteiger partial charge in [-0.1, -0.05) is 23.8 Å². The second-order valence-electron chi connectivity index (χ2n) is 7.35.